The van der Waals surface area contributed by atoms with Gasteiger partial charge in [0.25, 0.3) is 10.0 Å². The maximum atomic E-state index is 14.1. The number of methoxy groups -OCH3 is 1. The number of carbonyl (C=O) groups excluding carboxylic acids is 2. The molecule has 4 rings (SSSR count). The second-order valence-electron chi connectivity index (χ2n) is 11.3. The van der Waals surface area contributed by atoms with Gasteiger partial charge in [0.15, 0.2) is 11.6 Å². The third-order valence-corrected chi connectivity index (χ3v) is 8.93. The molecule has 2 aromatic rings. The first-order valence-corrected chi connectivity index (χ1v) is 14.5. The molecule has 0 unspecified atom stereocenters. The minimum atomic E-state index is -4.81. The number of benzene rings is 2. The van der Waals surface area contributed by atoms with Crippen molar-refractivity contribution in [1.82, 2.24) is 0 Å². The zero-order chi connectivity index (χ0) is 32.0. The third-order valence-electron chi connectivity index (χ3n) is 7.15. The van der Waals surface area contributed by atoms with E-state index in [9.17, 15) is 35.6 Å². The van der Waals surface area contributed by atoms with E-state index in [1.54, 1.807) is 13.8 Å². The lowest BCUT2D eigenvalue weighted by molar-refractivity contribution is -0.257. The molecular formula is C28H30F4N2O8S. The third kappa shape index (κ3) is 6.71. The Bertz CT molecular complexity index is 1570. The average molecular weight is 631 g/mol. The van der Waals surface area contributed by atoms with Gasteiger partial charge >= 0.3 is 18.1 Å². The Morgan fingerprint density at radius 2 is 1.81 bits per heavy atom. The van der Waals surface area contributed by atoms with E-state index in [-0.39, 0.29) is 47.0 Å². The summed E-state index contributed by atoms with van der Waals surface area (Å²) in [5.41, 5.74) is -2.85. The standard InChI is InChI=1S/C28H30F4N2O8S/c1-26(2,23-13-25(36)42-33-23)14-17-15-34(43(37,38)18-7-8-19(29)22(12-18)39-5)20-10-16(6-9-21(20)40-17)11-24(35)41-27(3,4)28(30,31)32/h6-10,12,17H,11,13-15H2,1-5H3/t17-/m1/s1. The van der Waals surface area contributed by atoms with Gasteiger partial charge in [-0.15, -0.1) is 0 Å². The van der Waals surface area contributed by atoms with E-state index in [0.717, 1.165) is 36.4 Å². The maximum Gasteiger partial charge on any atom is 0.427 e. The van der Waals surface area contributed by atoms with Gasteiger partial charge in [0.05, 0.1) is 42.8 Å². The SMILES string of the molecule is COc1cc(S(=O)(=O)N2C[C@@H](CC(C)(C)C3=NOC(=O)C3)Oc3ccc(CC(=O)OC(C)(C)C(F)(F)F)cc32)ccc1F. The molecule has 0 aliphatic carbocycles. The predicted molar refractivity (Wildman–Crippen MR) is 145 cm³/mol. The van der Waals surface area contributed by atoms with Crippen molar-refractivity contribution in [3.63, 3.8) is 0 Å². The molecule has 15 heteroatoms. The molecule has 0 bridgehead atoms. The second kappa shape index (κ2) is 11.3. The number of alkyl halides is 3. The molecule has 10 nitrogen and oxygen atoms in total. The molecule has 0 N–H and O–H groups in total. The summed E-state index contributed by atoms with van der Waals surface area (Å²) in [5.74, 6) is -2.67. The number of nitrogens with zero attached hydrogens (tertiary/aromatic N) is 2. The van der Waals surface area contributed by atoms with Gasteiger partial charge in [-0.05, 0) is 50.1 Å². The highest BCUT2D eigenvalue weighted by Crippen LogP contribution is 2.42. The normalized spacial score (nSPS) is 17.5. The molecule has 0 amide bonds. The van der Waals surface area contributed by atoms with Crippen LogP contribution < -0.4 is 13.8 Å². The van der Waals surface area contributed by atoms with E-state index in [0.29, 0.717) is 5.71 Å². The Morgan fingerprint density at radius 1 is 1.12 bits per heavy atom. The molecule has 0 fully saturated rings. The van der Waals surface area contributed by atoms with Crippen molar-refractivity contribution >= 4 is 33.4 Å². The molecule has 0 spiro atoms. The molecule has 0 aromatic heterocycles. The van der Waals surface area contributed by atoms with Gasteiger partial charge in [-0.3, -0.25) is 9.10 Å². The number of oxime groups is 1. The van der Waals surface area contributed by atoms with E-state index in [1.807, 2.05) is 0 Å². The topological polar surface area (TPSA) is 121 Å². The van der Waals surface area contributed by atoms with Crippen LogP contribution in [0.3, 0.4) is 0 Å². The number of anilines is 1. The van der Waals surface area contributed by atoms with Crippen LogP contribution in [0, 0.1) is 11.2 Å². The summed E-state index contributed by atoms with van der Waals surface area (Å²) in [7, 11) is -3.22. The highest BCUT2D eigenvalue weighted by Gasteiger charge is 2.50. The van der Waals surface area contributed by atoms with E-state index in [2.05, 4.69) is 9.89 Å². The fraction of sp³-hybridized carbons (Fsp3) is 0.464. The van der Waals surface area contributed by atoms with Gasteiger partial charge in [0.1, 0.15) is 11.9 Å². The van der Waals surface area contributed by atoms with E-state index < -0.39 is 57.5 Å². The summed E-state index contributed by atoms with van der Waals surface area (Å²) >= 11 is 0. The van der Waals surface area contributed by atoms with Crippen molar-refractivity contribution in [1.29, 1.82) is 0 Å². The smallest absolute Gasteiger partial charge is 0.427 e. The van der Waals surface area contributed by atoms with Gasteiger partial charge in [0, 0.05) is 11.5 Å². The first kappa shape index (κ1) is 32.0. The number of esters is 1. The Morgan fingerprint density at radius 3 is 2.42 bits per heavy atom. The largest absolute Gasteiger partial charge is 0.494 e. The van der Waals surface area contributed by atoms with Crippen molar-refractivity contribution in [2.75, 3.05) is 18.0 Å². The van der Waals surface area contributed by atoms with Crippen LogP contribution in [0.15, 0.2) is 46.4 Å². The summed E-state index contributed by atoms with van der Waals surface area (Å²) in [6.07, 6.45) is -5.98. The number of halogens is 4. The molecule has 2 aliphatic heterocycles. The van der Waals surface area contributed by atoms with Crippen molar-refractivity contribution in [3.8, 4) is 11.5 Å². The van der Waals surface area contributed by atoms with E-state index >= 15 is 0 Å². The van der Waals surface area contributed by atoms with E-state index in [4.69, 9.17) is 14.3 Å². The summed E-state index contributed by atoms with van der Waals surface area (Å²) < 4.78 is 98.5. The van der Waals surface area contributed by atoms with Crippen molar-refractivity contribution in [2.45, 2.75) is 69.7 Å². The molecule has 43 heavy (non-hydrogen) atoms. The number of hydrogen-bond donors (Lipinski definition) is 0. The predicted octanol–water partition coefficient (Wildman–Crippen LogP) is 4.94. The molecule has 2 heterocycles. The molecule has 0 saturated carbocycles. The fourth-order valence-electron chi connectivity index (χ4n) is 4.63. The average Bonchev–Trinajstić information content (AvgIpc) is 3.34. The number of sulfonamides is 1. The first-order chi connectivity index (χ1) is 19.8. The lowest BCUT2D eigenvalue weighted by Crippen LogP contribution is -2.46. The molecule has 0 saturated heterocycles. The van der Waals surface area contributed by atoms with Crippen molar-refractivity contribution < 1.29 is 54.6 Å². The number of ether oxygens (including phenoxy) is 3. The zero-order valence-corrected chi connectivity index (χ0v) is 24.8. The molecule has 0 radical (unpaired) electrons. The molecule has 2 aromatic carbocycles. The molecule has 2 aliphatic rings. The van der Waals surface area contributed by atoms with Crippen LogP contribution in [0.25, 0.3) is 0 Å². The van der Waals surface area contributed by atoms with Crippen LogP contribution in [0.4, 0.5) is 23.2 Å². The number of carbonyl (C=O) groups is 2. The Balaban J connectivity index is 1.70. The van der Waals surface area contributed by atoms with E-state index in [1.165, 1.54) is 25.3 Å². The second-order valence-corrected chi connectivity index (χ2v) is 13.2. The number of hydrogen-bond acceptors (Lipinski definition) is 9. The Hall–Kier alpha value is -3.88. The summed E-state index contributed by atoms with van der Waals surface area (Å²) in [6.45, 7) is 4.80. The minimum Gasteiger partial charge on any atom is -0.494 e. The minimum absolute atomic E-state index is 0.00875. The monoisotopic (exact) mass is 630 g/mol. The van der Waals surface area contributed by atoms with Crippen molar-refractivity contribution in [3.05, 3.63) is 47.8 Å². The number of rotatable bonds is 9. The molecule has 1 atom stereocenters. The highest BCUT2D eigenvalue weighted by atomic mass is 32.2. The van der Waals surface area contributed by atoms with Gasteiger partial charge < -0.3 is 19.0 Å². The van der Waals surface area contributed by atoms with Crippen LogP contribution in [-0.2, 0) is 35.6 Å². The molecule has 234 valence electrons. The van der Waals surface area contributed by atoms with Crippen LogP contribution in [0.2, 0.25) is 0 Å². The number of fused-ring (bicyclic) bond motifs is 1. The fourth-order valence-corrected chi connectivity index (χ4v) is 6.15. The van der Waals surface area contributed by atoms with Crippen LogP contribution in [0.5, 0.6) is 11.5 Å². The maximum absolute atomic E-state index is 14.1. The van der Waals surface area contributed by atoms with Crippen LogP contribution in [0.1, 0.15) is 46.1 Å². The summed E-state index contributed by atoms with van der Waals surface area (Å²) in [5, 5.41) is 3.84. The lowest BCUT2D eigenvalue weighted by atomic mass is 9.80. The van der Waals surface area contributed by atoms with Crippen molar-refractivity contribution in [2.24, 2.45) is 10.6 Å². The van der Waals surface area contributed by atoms with Crippen LogP contribution in [-0.4, -0.2) is 57.6 Å². The van der Waals surface area contributed by atoms with Gasteiger partial charge in [-0.25, -0.2) is 17.6 Å². The van der Waals surface area contributed by atoms with Gasteiger partial charge in [-0.2, -0.15) is 13.2 Å². The molecular weight excluding hydrogens is 600 g/mol. The Labute approximate surface area is 245 Å². The van der Waals surface area contributed by atoms with Gasteiger partial charge in [-0.1, -0.05) is 25.1 Å². The lowest BCUT2D eigenvalue weighted by Gasteiger charge is -2.38. The highest BCUT2D eigenvalue weighted by molar-refractivity contribution is 7.92. The Kier molecular flexibility index (Phi) is 8.43. The first-order valence-electron chi connectivity index (χ1n) is 13.1. The zero-order valence-electron chi connectivity index (χ0n) is 24.0. The van der Waals surface area contributed by atoms with Crippen LogP contribution >= 0.6 is 0 Å². The van der Waals surface area contributed by atoms with Gasteiger partial charge in [0.2, 0.25) is 5.60 Å². The summed E-state index contributed by atoms with van der Waals surface area (Å²) in [6, 6.07) is 7.16. The summed E-state index contributed by atoms with van der Waals surface area (Å²) in [4.78, 5) is 28.5. The quantitative estimate of drug-likeness (QED) is 0.217.